The molecule has 0 aromatic heterocycles. The number of halogens is 1. The minimum Gasteiger partial charge on any atom is -0.452 e. The number of nitrogens with zero attached hydrogens (tertiary/aromatic N) is 1. The van der Waals surface area contributed by atoms with Crippen LogP contribution in [0, 0.1) is 18.3 Å². The van der Waals surface area contributed by atoms with Gasteiger partial charge in [-0.2, -0.15) is 5.26 Å². The predicted octanol–water partition coefficient (Wildman–Crippen LogP) is 3.63. The van der Waals surface area contributed by atoms with Crippen LogP contribution in [0.25, 0.3) is 0 Å². The molecule has 1 unspecified atom stereocenters. The Labute approximate surface area is 151 Å². The summed E-state index contributed by atoms with van der Waals surface area (Å²) in [6.45, 7) is 3.46. The van der Waals surface area contributed by atoms with Crippen molar-refractivity contribution in [3.63, 3.8) is 0 Å². The average Bonchev–Trinajstić information content (AvgIpc) is 2.57. The number of hydrogen-bond acceptors (Lipinski definition) is 4. The second-order valence-corrected chi connectivity index (χ2v) is 6.00. The van der Waals surface area contributed by atoms with Gasteiger partial charge >= 0.3 is 5.97 Å². The molecule has 0 heterocycles. The van der Waals surface area contributed by atoms with Gasteiger partial charge in [-0.3, -0.25) is 9.59 Å². The predicted molar refractivity (Wildman–Crippen MR) is 95.2 cm³/mol. The summed E-state index contributed by atoms with van der Waals surface area (Å²) in [5.41, 5.74) is 2.67. The van der Waals surface area contributed by atoms with Crippen LogP contribution in [-0.2, 0) is 20.7 Å². The van der Waals surface area contributed by atoms with Gasteiger partial charge in [0.25, 0.3) is 5.91 Å². The van der Waals surface area contributed by atoms with Gasteiger partial charge in [0.05, 0.1) is 17.0 Å². The van der Waals surface area contributed by atoms with Crippen LogP contribution in [-0.4, -0.2) is 18.0 Å². The van der Waals surface area contributed by atoms with E-state index in [0.29, 0.717) is 11.3 Å². The summed E-state index contributed by atoms with van der Waals surface area (Å²) in [6, 6.07) is 14.0. The van der Waals surface area contributed by atoms with E-state index in [1.54, 1.807) is 6.07 Å². The van der Waals surface area contributed by atoms with Crippen molar-refractivity contribution in [2.24, 2.45) is 0 Å². The molecule has 1 amide bonds. The molecule has 0 saturated carbocycles. The number of hydrogen-bond donors (Lipinski definition) is 1. The molecular weight excluding hydrogens is 340 g/mol. The molecule has 5 nitrogen and oxygen atoms in total. The number of rotatable bonds is 5. The molecule has 128 valence electrons. The lowest BCUT2D eigenvalue weighted by atomic mass is 10.1. The van der Waals surface area contributed by atoms with Gasteiger partial charge in [0.2, 0.25) is 0 Å². The SMILES string of the molecule is Cc1ccc(CC(=O)OC(C)C(=O)Nc2ccc(C#N)c(Cl)c2)cc1. The molecule has 0 spiro atoms. The van der Waals surface area contributed by atoms with Crippen molar-refractivity contribution in [2.45, 2.75) is 26.4 Å². The summed E-state index contributed by atoms with van der Waals surface area (Å²) in [5.74, 6) is -0.956. The highest BCUT2D eigenvalue weighted by Gasteiger charge is 2.18. The lowest BCUT2D eigenvalue weighted by Crippen LogP contribution is -2.30. The van der Waals surface area contributed by atoms with E-state index < -0.39 is 18.0 Å². The maximum absolute atomic E-state index is 12.1. The fraction of sp³-hybridized carbons (Fsp3) is 0.211. The van der Waals surface area contributed by atoms with Gasteiger partial charge in [0, 0.05) is 5.69 Å². The third kappa shape index (κ3) is 5.33. The van der Waals surface area contributed by atoms with Crippen molar-refractivity contribution in [1.82, 2.24) is 0 Å². The molecular formula is C19H17ClN2O3. The Bertz CT molecular complexity index is 826. The van der Waals surface area contributed by atoms with Crippen molar-refractivity contribution in [1.29, 1.82) is 5.26 Å². The number of anilines is 1. The number of nitriles is 1. The summed E-state index contributed by atoms with van der Waals surface area (Å²) in [5, 5.41) is 11.7. The number of ether oxygens (including phenoxy) is 1. The Morgan fingerprint density at radius 2 is 1.92 bits per heavy atom. The van der Waals surface area contributed by atoms with E-state index in [1.165, 1.54) is 19.1 Å². The Balaban J connectivity index is 1.91. The largest absolute Gasteiger partial charge is 0.452 e. The molecule has 6 heteroatoms. The van der Waals surface area contributed by atoms with Gasteiger partial charge in [-0.05, 0) is 37.6 Å². The number of carbonyl (C=O) groups is 2. The number of benzene rings is 2. The summed E-state index contributed by atoms with van der Waals surface area (Å²) in [4.78, 5) is 24.1. The molecule has 2 rings (SSSR count). The first-order valence-electron chi connectivity index (χ1n) is 7.64. The summed E-state index contributed by atoms with van der Waals surface area (Å²) in [6.07, 6.45) is -0.854. The number of carbonyl (C=O) groups excluding carboxylic acids is 2. The topological polar surface area (TPSA) is 79.2 Å². The average molecular weight is 357 g/mol. The molecule has 1 N–H and O–H groups in total. The molecule has 2 aromatic carbocycles. The molecule has 0 aliphatic rings. The van der Waals surface area contributed by atoms with Crippen LogP contribution in [0.3, 0.4) is 0 Å². The first-order chi connectivity index (χ1) is 11.9. The van der Waals surface area contributed by atoms with Crippen LogP contribution < -0.4 is 5.32 Å². The van der Waals surface area contributed by atoms with E-state index in [0.717, 1.165) is 11.1 Å². The van der Waals surface area contributed by atoms with Crippen LogP contribution in [0.4, 0.5) is 5.69 Å². The first kappa shape index (κ1) is 18.5. The van der Waals surface area contributed by atoms with Gasteiger partial charge in [0.15, 0.2) is 6.10 Å². The van der Waals surface area contributed by atoms with E-state index in [1.807, 2.05) is 37.3 Å². The summed E-state index contributed by atoms with van der Waals surface area (Å²) in [7, 11) is 0. The number of aryl methyl sites for hydroxylation is 1. The highest BCUT2D eigenvalue weighted by molar-refractivity contribution is 6.32. The Hall–Kier alpha value is -2.84. The first-order valence-corrected chi connectivity index (χ1v) is 8.02. The zero-order valence-electron chi connectivity index (χ0n) is 13.9. The van der Waals surface area contributed by atoms with Gasteiger partial charge < -0.3 is 10.1 Å². The zero-order valence-corrected chi connectivity index (χ0v) is 14.6. The lowest BCUT2D eigenvalue weighted by molar-refractivity contribution is -0.152. The maximum Gasteiger partial charge on any atom is 0.311 e. The molecule has 0 saturated heterocycles. The van der Waals surface area contributed by atoms with Gasteiger partial charge in [-0.15, -0.1) is 0 Å². The Kier molecular flexibility index (Phi) is 6.15. The van der Waals surface area contributed by atoms with Crippen LogP contribution in [0.1, 0.15) is 23.6 Å². The van der Waals surface area contributed by atoms with Crippen LogP contribution in [0.15, 0.2) is 42.5 Å². The third-order valence-corrected chi connectivity index (χ3v) is 3.82. The second-order valence-electron chi connectivity index (χ2n) is 5.59. The van der Waals surface area contributed by atoms with Crippen molar-refractivity contribution in [3.05, 3.63) is 64.2 Å². The summed E-state index contributed by atoms with van der Waals surface area (Å²) < 4.78 is 5.16. The molecule has 0 bridgehead atoms. The van der Waals surface area contributed by atoms with E-state index in [4.69, 9.17) is 21.6 Å². The van der Waals surface area contributed by atoms with Crippen LogP contribution in [0.5, 0.6) is 0 Å². The molecule has 2 aromatic rings. The lowest BCUT2D eigenvalue weighted by Gasteiger charge is -2.14. The Morgan fingerprint density at radius 3 is 2.52 bits per heavy atom. The van der Waals surface area contributed by atoms with Gasteiger partial charge in [0.1, 0.15) is 6.07 Å². The quantitative estimate of drug-likeness (QED) is 0.829. The van der Waals surface area contributed by atoms with E-state index in [9.17, 15) is 9.59 Å². The van der Waals surface area contributed by atoms with Gasteiger partial charge in [-0.25, -0.2) is 0 Å². The molecule has 0 aliphatic heterocycles. The van der Waals surface area contributed by atoms with Crippen LogP contribution in [0.2, 0.25) is 5.02 Å². The Morgan fingerprint density at radius 1 is 1.24 bits per heavy atom. The number of nitrogens with one attached hydrogen (secondary N) is 1. The fourth-order valence-electron chi connectivity index (χ4n) is 2.09. The smallest absolute Gasteiger partial charge is 0.311 e. The van der Waals surface area contributed by atoms with Gasteiger partial charge in [-0.1, -0.05) is 41.4 Å². The standard InChI is InChI=1S/C19H17ClN2O3/c1-12-3-5-14(6-4-12)9-18(23)25-13(2)19(24)22-16-8-7-15(11-21)17(20)10-16/h3-8,10,13H,9H2,1-2H3,(H,22,24). The monoisotopic (exact) mass is 356 g/mol. The van der Waals surface area contributed by atoms with Crippen molar-refractivity contribution < 1.29 is 14.3 Å². The molecule has 0 fully saturated rings. The second kappa shape index (κ2) is 8.32. The number of amides is 1. The van der Waals surface area contributed by atoms with Crippen molar-refractivity contribution in [3.8, 4) is 6.07 Å². The zero-order chi connectivity index (χ0) is 18.4. The highest BCUT2D eigenvalue weighted by Crippen LogP contribution is 2.20. The minimum atomic E-state index is -0.952. The van der Waals surface area contributed by atoms with Crippen LogP contribution >= 0.6 is 11.6 Å². The molecule has 25 heavy (non-hydrogen) atoms. The molecule has 1 atom stereocenters. The highest BCUT2D eigenvalue weighted by atomic mass is 35.5. The van der Waals surface area contributed by atoms with E-state index in [-0.39, 0.29) is 11.4 Å². The third-order valence-electron chi connectivity index (χ3n) is 3.50. The van der Waals surface area contributed by atoms with E-state index in [2.05, 4.69) is 5.32 Å². The summed E-state index contributed by atoms with van der Waals surface area (Å²) >= 11 is 5.92. The van der Waals surface area contributed by atoms with Crippen molar-refractivity contribution in [2.75, 3.05) is 5.32 Å². The minimum absolute atomic E-state index is 0.0978. The fourth-order valence-corrected chi connectivity index (χ4v) is 2.32. The van der Waals surface area contributed by atoms with Crippen molar-refractivity contribution >= 4 is 29.2 Å². The molecule has 0 aliphatic carbocycles. The maximum atomic E-state index is 12.1. The normalized spacial score (nSPS) is 11.3. The van der Waals surface area contributed by atoms with E-state index >= 15 is 0 Å². The number of esters is 1. The molecule has 0 radical (unpaired) electrons.